The summed E-state index contributed by atoms with van der Waals surface area (Å²) < 4.78 is 0. The molecule has 0 bridgehead atoms. The van der Waals surface area contributed by atoms with Crippen LogP contribution in [-0.2, 0) is 4.79 Å². The molecule has 0 rings (SSSR count). The van der Waals surface area contributed by atoms with E-state index in [1.165, 1.54) is 0 Å². The largest absolute Gasteiger partial charge is 0.355 e. The van der Waals surface area contributed by atoms with Gasteiger partial charge < -0.3 is 5.32 Å². The fourth-order valence-corrected chi connectivity index (χ4v) is 0.735. The van der Waals surface area contributed by atoms with Gasteiger partial charge in [-0.3, -0.25) is 4.79 Å². The van der Waals surface area contributed by atoms with E-state index < -0.39 is 0 Å². The average Bonchev–Trinajstić information content (AvgIpc) is 2.05. The smallest absolute Gasteiger partial charge is 0.232 e. The van der Waals surface area contributed by atoms with Crippen LogP contribution >= 0.6 is 0 Å². The highest BCUT2D eigenvalue weighted by atomic mass is 16.1. The van der Waals surface area contributed by atoms with Crippen LogP contribution in [0.5, 0.6) is 0 Å². The van der Waals surface area contributed by atoms with E-state index >= 15 is 0 Å². The number of carbonyl (C=O) groups excluding carboxylic acids is 1. The van der Waals surface area contributed by atoms with Gasteiger partial charge in [0.2, 0.25) is 5.91 Å². The van der Waals surface area contributed by atoms with Crippen LogP contribution in [0.4, 0.5) is 0 Å². The Morgan fingerprint density at radius 2 is 2.00 bits per heavy atom. The molecule has 0 aliphatic heterocycles. The number of hydrogen-bond acceptors (Lipinski definition) is 1. The molecule has 0 aliphatic carbocycles. The molecular formula is C10H13NO. The third-order valence-corrected chi connectivity index (χ3v) is 1.33. The molecule has 0 aromatic heterocycles. The fraction of sp³-hybridized carbons (Fsp3) is 0.500. The molecule has 0 unspecified atom stereocenters. The molecule has 0 heterocycles. The van der Waals surface area contributed by atoms with Crippen LogP contribution < -0.4 is 5.32 Å². The molecule has 1 N–H and O–H groups in total. The summed E-state index contributed by atoms with van der Waals surface area (Å²) in [6.45, 7) is 0.669. The molecule has 0 aromatic carbocycles. The minimum Gasteiger partial charge on any atom is -0.355 e. The van der Waals surface area contributed by atoms with E-state index in [9.17, 15) is 4.79 Å². The Morgan fingerprint density at radius 1 is 1.25 bits per heavy atom. The van der Waals surface area contributed by atoms with E-state index in [-0.39, 0.29) is 12.3 Å². The number of carbonyl (C=O) groups is 1. The number of nitrogens with one attached hydrogen (secondary N) is 1. The van der Waals surface area contributed by atoms with Crippen molar-refractivity contribution in [1.82, 2.24) is 5.32 Å². The van der Waals surface area contributed by atoms with Gasteiger partial charge in [0.15, 0.2) is 0 Å². The summed E-state index contributed by atoms with van der Waals surface area (Å²) in [5, 5.41) is 2.69. The summed E-state index contributed by atoms with van der Waals surface area (Å²) in [4.78, 5) is 10.8. The molecule has 1 amide bonds. The third kappa shape index (κ3) is 6.71. The lowest BCUT2D eigenvalue weighted by Gasteiger charge is -2.00. The van der Waals surface area contributed by atoms with Crippen molar-refractivity contribution in [3.8, 4) is 24.7 Å². The van der Waals surface area contributed by atoms with Crippen LogP contribution in [0.1, 0.15) is 25.7 Å². The predicted octanol–water partition coefficient (Wildman–Crippen LogP) is 0.929. The van der Waals surface area contributed by atoms with Crippen LogP contribution in [-0.4, -0.2) is 12.5 Å². The monoisotopic (exact) mass is 163 g/mol. The Bertz CT molecular complexity index is 207. The van der Waals surface area contributed by atoms with Crippen LogP contribution in [0.2, 0.25) is 0 Å². The number of amides is 1. The lowest BCUT2D eigenvalue weighted by molar-refractivity contribution is -0.120. The first kappa shape index (κ1) is 10.6. The molecule has 0 spiro atoms. The molecule has 0 radical (unpaired) electrons. The van der Waals surface area contributed by atoms with Gasteiger partial charge in [0.05, 0.1) is 6.42 Å². The van der Waals surface area contributed by atoms with E-state index in [1.54, 1.807) is 0 Å². The molecule has 0 aromatic rings. The van der Waals surface area contributed by atoms with E-state index in [0.29, 0.717) is 6.54 Å². The van der Waals surface area contributed by atoms with Crippen molar-refractivity contribution in [2.45, 2.75) is 25.7 Å². The van der Waals surface area contributed by atoms with Gasteiger partial charge >= 0.3 is 0 Å². The Morgan fingerprint density at radius 3 is 2.58 bits per heavy atom. The molecule has 64 valence electrons. The summed E-state index contributed by atoms with van der Waals surface area (Å²) >= 11 is 0. The second-order valence-corrected chi connectivity index (χ2v) is 2.39. The highest BCUT2D eigenvalue weighted by Gasteiger charge is 1.95. The first-order valence-electron chi connectivity index (χ1n) is 3.95. The van der Waals surface area contributed by atoms with Crippen molar-refractivity contribution < 1.29 is 4.79 Å². The molecule has 12 heavy (non-hydrogen) atoms. The maximum absolute atomic E-state index is 10.8. The van der Waals surface area contributed by atoms with Gasteiger partial charge in [0.25, 0.3) is 0 Å². The lowest BCUT2D eigenvalue weighted by Crippen LogP contribution is -2.23. The van der Waals surface area contributed by atoms with Crippen molar-refractivity contribution in [2.75, 3.05) is 6.54 Å². The zero-order valence-electron chi connectivity index (χ0n) is 7.10. The SMILES string of the molecule is C#CCCCCNC(=O)CC#C. The summed E-state index contributed by atoms with van der Waals surface area (Å²) in [6.07, 6.45) is 12.8. The van der Waals surface area contributed by atoms with E-state index in [0.717, 1.165) is 19.3 Å². The van der Waals surface area contributed by atoms with Crippen molar-refractivity contribution in [1.29, 1.82) is 0 Å². The Kier molecular flexibility index (Phi) is 6.79. The quantitative estimate of drug-likeness (QED) is 0.474. The summed E-state index contributed by atoms with van der Waals surface area (Å²) in [5.41, 5.74) is 0. The van der Waals surface area contributed by atoms with Gasteiger partial charge in [-0.15, -0.1) is 18.8 Å². The van der Waals surface area contributed by atoms with Crippen LogP contribution in [0.3, 0.4) is 0 Å². The molecule has 0 fully saturated rings. The minimum atomic E-state index is -0.0850. The molecule has 2 heteroatoms. The highest BCUT2D eigenvalue weighted by Crippen LogP contribution is 1.91. The van der Waals surface area contributed by atoms with E-state index in [2.05, 4.69) is 17.2 Å². The van der Waals surface area contributed by atoms with Crippen molar-refractivity contribution >= 4 is 5.91 Å². The summed E-state index contributed by atoms with van der Waals surface area (Å²) in [5.74, 6) is 4.73. The van der Waals surface area contributed by atoms with Crippen LogP contribution in [0, 0.1) is 24.7 Å². The van der Waals surface area contributed by atoms with Crippen LogP contribution in [0.25, 0.3) is 0 Å². The van der Waals surface area contributed by atoms with Gasteiger partial charge in [0.1, 0.15) is 0 Å². The van der Waals surface area contributed by atoms with E-state index in [4.69, 9.17) is 12.8 Å². The Balaban J connectivity index is 3.16. The Hall–Kier alpha value is -1.41. The van der Waals surface area contributed by atoms with Crippen molar-refractivity contribution in [3.05, 3.63) is 0 Å². The number of unbranched alkanes of at least 4 members (excludes halogenated alkanes) is 2. The zero-order valence-corrected chi connectivity index (χ0v) is 7.10. The Labute approximate surface area is 73.7 Å². The van der Waals surface area contributed by atoms with Crippen molar-refractivity contribution in [2.24, 2.45) is 0 Å². The zero-order chi connectivity index (χ0) is 9.23. The van der Waals surface area contributed by atoms with Gasteiger partial charge in [-0.25, -0.2) is 0 Å². The lowest BCUT2D eigenvalue weighted by atomic mass is 10.2. The topological polar surface area (TPSA) is 29.1 Å². The molecule has 0 atom stereocenters. The second-order valence-electron chi connectivity index (χ2n) is 2.39. The summed E-state index contributed by atoms with van der Waals surface area (Å²) in [7, 11) is 0. The van der Waals surface area contributed by atoms with Gasteiger partial charge in [-0.1, -0.05) is 5.92 Å². The molecule has 0 saturated carbocycles. The van der Waals surface area contributed by atoms with Crippen LogP contribution in [0.15, 0.2) is 0 Å². The predicted molar refractivity (Wildman–Crippen MR) is 49.1 cm³/mol. The number of rotatable bonds is 5. The minimum absolute atomic E-state index is 0.0850. The number of hydrogen-bond donors (Lipinski definition) is 1. The molecule has 0 aliphatic rings. The normalized spacial score (nSPS) is 8.17. The summed E-state index contributed by atoms with van der Waals surface area (Å²) in [6, 6.07) is 0. The third-order valence-electron chi connectivity index (χ3n) is 1.33. The maximum atomic E-state index is 10.8. The maximum Gasteiger partial charge on any atom is 0.232 e. The van der Waals surface area contributed by atoms with E-state index in [1.807, 2.05) is 0 Å². The molecular weight excluding hydrogens is 150 g/mol. The average molecular weight is 163 g/mol. The number of terminal acetylenes is 2. The highest BCUT2D eigenvalue weighted by molar-refractivity contribution is 5.78. The molecule has 2 nitrogen and oxygen atoms in total. The van der Waals surface area contributed by atoms with Gasteiger partial charge in [0, 0.05) is 13.0 Å². The fourth-order valence-electron chi connectivity index (χ4n) is 0.735. The first-order valence-corrected chi connectivity index (χ1v) is 3.95. The standard InChI is InChI=1S/C10H13NO/c1-3-5-6-7-9-11-10(12)8-4-2/h1-2H,5-9H2,(H,11,12). The van der Waals surface area contributed by atoms with Gasteiger partial charge in [-0.05, 0) is 12.8 Å². The second kappa shape index (κ2) is 7.69. The van der Waals surface area contributed by atoms with Gasteiger partial charge in [-0.2, -0.15) is 0 Å². The van der Waals surface area contributed by atoms with Crippen molar-refractivity contribution in [3.63, 3.8) is 0 Å². The first-order chi connectivity index (χ1) is 5.81. The molecule has 0 saturated heterocycles.